The van der Waals surface area contributed by atoms with Crippen LogP contribution in [-0.4, -0.2) is 9.97 Å². The second kappa shape index (κ2) is 5.28. The molecule has 0 bridgehead atoms. The van der Waals surface area contributed by atoms with E-state index in [2.05, 4.69) is 9.97 Å². The van der Waals surface area contributed by atoms with Gasteiger partial charge in [-0.1, -0.05) is 61.6 Å². The molecule has 0 spiro atoms. The highest BCUT2D eigenvalue weighted by Crippen LogP contribution is 2.30. The smallest absolute Gasteiger partial charge is 0.136 e. The first-order valence-electron chi connectivity index (χ1n) is 5.78. The van der Waals surface area contributed by atoms with Gasteiger partial charge in [0.1, 0.15) is 11.0 Å². The van der Waals surface area contributed by atoms with E-state index in [4.69, 9.17) is 34.8 Å². The van der Waals surface area contributed by atoms with Gasteiger partial charge in [0.15, 0.2) is 0 Å². The predicted molar refractivity (Wildman–Crippen MR) is 81.2 cm³/mol. The van der Waals surface area contributed by atoms with E-state index in [1.807, 2.05) is 26.8 Å². The van der Waals surface area contributed by atoms with Crippen LogP contribution in [0.1, 0.15) is 26.6 Å². The van der Waals surface area contributed by atoms with Gasteiger partial charge in [-0.05, 0) is 12.1 Å². The highest BCUT2D eigenvalue weighted by Gasteiger charge is 2.19. The summed E-state index contributed by atoms with van der Waals surface area (Å²) in [4.78, 5) is 8.81. The second-order valence-electron chi connectivity index (χ2n) is 5.28. The Morgan fingerprint density at radius 3 is 2.16 bits per heavy atom. The zero-order chi connectivity index (χ0) is 14.2. The van der Waals surface area contributed by atoms with E-state index in [1.165, 1.54) is 0 Å². The average molecular weight is 316 g/mol. The maximum atomic E-state index is 6.07. The number of benzene rings is 1. The van der Waals surface area contributed by atoms with Crippen molar-refractivity contribution in [3.05, 3.63) is 45.3 Å². The van der Waals surface area contributed by atoms with Crippen molar-refractivity contribution >= 4 is 34.8 Å². The minimum absolute atomic E-state index is 0.171. The van der Waals surface area contributed by atoms with Gasteiger partial charge in [0.05, 0.1) is 15.7 Å². The SMILES string of the molecule is CC(C)(C)c1nc(Cl)cc(-c2ccc(Cl)c(Cl)c2)n1. The van der Waals surface area contributed by atoms with Gasteiger partial charge in [0.25, 0.3) is 0 Å². The van der Waals surface area contributed by atoms with Crippen LogP contribution in [0.3, 0.4) is 0 Å². The molecule has 2 aromatic rings. The molecule has 100 valence electrons. The molecule has 0 aliphatic heterocycles. The molecule has 0 saturated carbocycles. The average Bonchev–Trinajstić information content (AvgIpc) is 2.31. The van der Waals surface area contributed by atoms with Gasteiger partial charge in [-0.15, -0.1) is 0 Å². The fraction of sp³-hybridized carbons (Fsp3) is 0.286. The highest BCUT2D eigenvalue weighted by molar-refractivity contribution is 6.42. The molecular weight excluding hydrogens is 303 g/mol. The van der Waals surface area contributed by atoms with E-state index in [0.29, 0.717) is 21.0 Å². The maximum Gasteiger partial charge on any atom is 0.136 e. The van der Waals surface area contributed by atoms with Crippen molar-refractivity contribution in [2.75, 3.05) is 0 Å². The predicted octanol–water partition coefficient (Wildman–Crippen LogP) is 5.40. The van der Waals surface area contributed by atoms with E-state index < -0.39 is 0 Å². The molecule has 0 amide bonds. The molecule has 0 atom stereocenters. The maximum absolute atomic E-state index is 6.07. The summed E-state index contributed by atoms with van der Waals surface area (Å²) in [6.45, 7) is 6.12. The molecule has 0 aliphatic rings. The Balaban J connectivity index is 2.56. The van der Waals surface area contributed by atoms with Crippen LogP contribution in [0.15, 0.2) is 24.3 Å². The molecule has 0 unspecified atom stereocenters. The van der Waals surface area contributed by atoms with Gasteiger partial charge in [-0.25, -0.2) is 9.97 Å². The molecule has 1 aromatic heterocycles. The lowest BCUT2D eigenvalue weighted by atomic mass is 9.95. The van der Waals surface area contributed by atoms with E-state index in [9.17, 15) is 0 Å². The molecule has 0 N–H and O–H groups in total. The number of nitrogens with zero attached hydrogens (tertiary/aromatic N) is 2. The molecule has 0 radical (unpaired) electrons. The highest BCUT2D eigenvalue weighted by atomic mass is 35.5. The molecular formula is C14H13Cl3N2. The lowest BCUT2D eigenvalue weighted by Gasteiger charge is -2.17. The van der Waals surface area contributed by atoms with Crippen LogP contribution in [-0.2, 0) is 5.41 Å². The molecule has 0 aliphatic carbocycles. The molecule has 1 heterocycles. The molecule has 19 heavy (non-hydrogen) atoms. The summed E-state index contributed by atoms with van der Waals surface area (Å²) in [5.41, 5.74) is 1.43. The summed E-state index contributed by atoms with van der Waals surface area (Å²) in [5.74, 6) is 0.695. The second-order valence-corrected chi connectivity index (χ2v) is 6.48. The van der Waals surface area contributed by atoms with Crippen molar-refractivity contribution in [2.24, 2.45) is 0 Å². The third-order valence-corrected chi connectivity index (χ3v) is 3.51. The Kier molecular flexibility index (Phi) is 4.05. The summed E-state index contributed by atoms with van der Waals surface area (Å²) < 4.78 is 0. The number of halogens is 3. The monoisotopic (exact) mass is 314 g/mol. The number of hydrogen-bond acceptors (Lipinski definition) is 2. The summed E-state index contributed by atoms with van der Waals surface area (Å²) in [7, 11) is 0. The van der Waals surface area contributed by atoms with Crippen LogP contribution in [0.2, 0.25) is 15.2 Å². The summed E-state index contributed by atoms with van der Waals surface area (Å²) in [6.07, 6.45) is 0. The van der Waals surface area contributed by atoms with Gasteiger partial charge >= 0.3 is 0 Å². The number of rotatable bonds is 1. The summed E-state index contributed by atoms with van der Waals surface area (Å²) >= 11 is 18.0. The van der Waals surface area contributed by atoms with Gasteiger partial charge in [-0.3, -0.25) is 0 Å². The molecule has 5 heteroatoms. The van der Waals surface area contributed by atoms with Crippen LogP contribution < -0.4 is 0 Å². The number of aromatic nitrogens is 2. The van der Waals surface area contributed by atoms with Crippen molar-refractivity contribution in [1.82, 2.24) is 9.97 Å². The minimum atomic E-state index is -0.171. The fourth-order valence-electron chi connectivity index (χ4n) is 1.56. The lowest BCUT2D eigenvalue weighted by molar-refractivity contribution is 0.546. The molecule has 1 aromatic carbocycles. The van der Waals surface area contributed by atoms with Gasteiger partial charge in [-0.2, -0.15) is 0 Å². The third kappa shape index (κ3) is 3.38. The third-order valence-electron chi connectivity index (χ3n) is 2.58. The van der Waals surface area contributed by atoms with E-state index >= 15 is 0 Å². The van der Waals surface area contributed by atoms with Crippen LogP contribution in [0.25, 0.3) is 11.3 Å². The normalized spacial score (nSPS) is 11.7. The van der Waals surface area contributed by atoms with E-state index in [-0.39, 0.29) is 5.41 Å². The standard InChI is InChI=1S/C14H13Cl3N2/c1-14(2,3)13-18-11(7-12(17)19-13)8-4-5-9(15)10(16)6-8/h4-7H,1-3H3. The van der Waals surface area contributed by atoms with Crippen molar-refractivity contribution in [3.63, 3.8) is 0 Å². The molecule has 2 nitrogen and oxygen atoms in total. The van der Waals surface area contributed by atoms with Crippen molar-refractivity contribution in [2.45, 2.75) is 26.2 Å². The number of hydrogen-bond donors (Lipinski definition) is 0. The Bertz CT molecular complexity index is 619. The van der Waals surface area contributed by atoms with Crippen LogP contribution in [0.5, 0.6) is 0 Å². The van der Waals surface area contributed by atoms with Crippen molar-refractivity contribution in [3.8, 4) is 11.3 Å². The largest absolute Gasteiger partial charge is 0.232 e. The Hall–Kier alpha value is -0.830. The Morgan fingerprint density at radius 1 is 0.895 bits per heavy atom. The van der Waals surface area contributed by atoms with E-state index in [1.54, 1.807) is 18.2 Å². The van der Waals surface area contributed by atoms with Crippen LogP contribution >= 0.6 is 34.8 Å². The fourth-order valence-corrected chi connectivity index (χ4v) is 2.04. The summed E-state index contributed by atoms with van der Waals surface area (Å²) in [5, 5.41) is 1.42. The Morgan fingerprint density at radius 2 is 1.58 bits per heavy atom. The first-order chi connectivity index (χ1) is 8.77. The molecule has 0 fully saturated rings. The first-order valence-corrected chi connectivity index (χ1v) is 6.91. The zero-order valence-electron chi connectivity index (χ0n) is 10.8. The Labute approximate surface area is 127 Å². The first kappa shape index (κ1) is 14.6. The minimum Gasteiger partial charge on any atom is -0.232 e. The quantitative estimate of drug-likeness (QED) is 0.658. The van der Waals surface area contributed by atoms with Gasteiger partial charge in [0.2, 0.25) is 0 Å². The van der Waals surface area contributed by atoms with Gasteiger partial charge in [0, 0.05) is 17.0 Å². The van der Waals surface area contributed by atoms with Crippen molar-refractivity contribution in [1.29, 1.82) is 0 Å². The van der Waals surface area contributed by atoms with Gasteiger partial charge < -0.3 is 0 Å². The van der Waals surface area contributed by atoms with Crippen LogP contribution in [0, 0.1) is 0 Å². The topological polar surface area (TPSA) is 25.8 Å². The molecule has 2 rings (SSSR count). The zero-order valence-corrected chi connectivity index (χ0v) is 13.1. The van der Waals surface area contributed by atoms with Crippen LogP contribution in [0.4, 0.5) is 0 Å². The van der Waals surface area contributed by atoms with Crippen molar-refractivity contribution < 1.29 is 0 Å². The van der Waals surface area contributed by atoms with E-state index in [0.717, 1.165) is 11.3 Å². The lowest BCUT2D eigenvalue weighted by Crippen LogP contribution is -2.16. The molecule has 0 saturated heterocycles. The summed E-state index contributed by atoms with van der Waals surface area (Å²) in [6, 6.07) is 7.09.